The molecule has 0 saturated heterocycles. The molecule has 0 spiro atoms. The first kappa shape index (κ1) is 8.08. The van der Waals surface area contributed by atoms with Crippen LogP contribution >= 0.6 is 11.6 Å². The number of alkyl halides is 1. The molecule has 0 bridgehead atoms. The van der Waals surface area contributed by atoms with Crippen LogP contribution in [-0.4, -0.2) is 10.1 Å². The van der Waals surface area contributed by atoms with Gasteiger partial charge in [0.05, 0.1) is 27.3 Å². The van der Waals surface area contributed by atoms with E-state index < -0.39 is 10.8 Å². The maximum atomic E-state index is 11.3. The minimum absolute atomic E-state index is 0.477. The summed E-state index contributed by atoms with van der Waals surface area (Å²) in [4.78, 5) is 0.883. The van der Waals surface area contributed by atoms with E-state index in [9.17, 15) is 4.21 Å². The van der Waals surface area contributed by atoms with Gasteiger partial charge in [-0.05, 0) is 17.7 Å². The zero-order valence-electron chi connectivity index (χ0n) is 6.34. The predicted molar refractivity (Wildman–Crippen MR) is 50.9 cm³/mol. The summed E-state index contributed by atoms with van der Waals surface area (Å²) >= 11 is 5.66. The van der Waals surface area contributed by atoms with Gasteiger partial charge in [-0.3, -0.25) is 4.21 Å². The highest BCUT2D eigenvalue weighted by molar-refractivity contribution is 7.85. The molecule has 2 nitrogen and oxygen atoms in total. The van der Waals surface area contributed by atoms with E-state index in [0.29, 0.717) is 11.8 Å². The highest BCUT2D eigenvalue weighted by atomic mass is 35.5. The number of hydrogen-bond donors (Lipinski definition) is 1. The second-order valence-electron chi connectivity index (χ2n) is 2.63. The molecule has 2 rings (SSSR count). The molecule has 1 atom stereocenters. The smallest absolute Gasteiger partial charge is 0.0959 e. The number of rotatable bonds is 1. The number of nitrogens with one attached hydrogen (secondary N) is 1. The molecule has 4 heteroatoms. The zero-order chi connectivity index (χ0) is 8.55. The fourth-order valence-corrected chi connectivity index (χ4v) is 2.48. The van der Waals surface area contributed by atoms with Crippen LogP contribution in [0.25, 0.3) is 0 Å². The van der Waals surface area contributed by atoms with Gasteiger partial charge in [-0.25, -0.2) is 0 Å². The van der Waals surface area contributed by atoms with Crippen LogP contribution < -0.4 is 5.32 Å². The summed E-state index contributed by atoms with van der Waals surface area (Å²) < 4.78 is 11.3. The van der Waals surface area contributed by atoms with Crippen molar-refractivity contribution >= 4 is 28.1 Å². The van der Waals surface area contributed by atoms with Crippen molar-refractivity contribution in [2.75, 3.05) is 11.2 Å². The molecule has 0 aromatic heterocycles. The molecule has 1 aliphatic rings. The first-order valence-electron chi connectivity index (χ1n) is 3.62. The molecule has 0 saturated carbocycles. The number of hydrogen-bond acceptors (Lipinski definition) is 2. The molecule has 1 aliphatic heterocycles. The third-order valence-corrected chi connectivity index (χ3v) is 3.38. The molecule has 1 aromatic carbocycles. The van der Waals surface area contributed by atoms with Crippen LogP contribution in [0.1, 0.15) is 5.56 Å². The molecule has 12 heavy (non-hydrogen) atoms. The average molecular weight is 202 g/mol. The van der Waals surface area contributed by atoms with Gasteiger partial charge in [0.15, 0.2) is 0 Å². The molecule has 0 fully saturated rings. The Bertz CT molecular complexity index is 340. The van der Waals surface area contributed by atoms with E-state index in [1.165, 1.54) is 0 Å². The van der Waals surface area contributed by atoms with Crippen molar-refractivity contribution in [2.45, 2.75) is 10.8 Å². The Kier molecular flexibility index (Phi) is 2.07. The largest absolute Gasteiger partial charge is 0.372 e. The highest BCUT2D eigenvalue weighted by Gasteiger charge is 2.16. The van der Waals surface area contributed by atoms with E-state index in [1.807, 2.05) is 18.2 Å². The van der Waals surface area contributed by atoms with Crippen molar-refractivity contribution in [3.63, 3.8) is 0 Å². The Morgan fingerprint density at radius 1 is 1.58 bits per heavy atom. The van der Waals surface area contributed by atoms with Crippen molar-refractivity contribution in [3.8, 4) is 0 Å². The Morgan fingerprint density at radius 2 is 2.42 bits per heavy atom. The molecule has 1 heterocycles. The quantitative estimate of drug-likeness (QED) is 0.704. The van der Waals surface area contributed by atoms with Gasteiger partial charge in [0.1, 0.15) is 0 Å². The van der Waals surface area contributed by atoms with Gasteiger partial charge in [0.2, 0.25) is 0 Å². The second-order valence-corrected chi connectivity index (χ2v) is 4.32. The summed E-state index contributed by atoms with van der Waals surface area (Å²) in [6.45, 7) is 0. The summed E-state index contributed by atoms with van der Waals surface area (Å²) in [5.41, 5.74) is 2.00. The monoisotopic (exact) mass is 201 g/mol. The summed E-state index contributed by atoms with van der Waals surface area (Å²) in [7, 11) is -0.879. The highest BCUT2D eigenvalue weighted by Crippen LogP contribution is 2.27. The normalized spacial score (nSPS) is 20.2. The fraction of sp³-hybridized carbons (Fsp3) is 0.250. The van der Waals surface area contributed by atoms with Crippen LogP contribution in [-0.2, 0) is 16.7 Å². The molecule has 0 amide bonds. The van der Waals surface area contributed by atoms with Crippen LogP contribution in [0.15, 0.2) is 23.1 Å². The first-order chi connectivity index (χ1) is 5.81. The fourth-order valence-electron chi connectivity index (χ4n) is 1.21. The van der Waals surface area contributed by atoms with Gasteiger partial charge in [0.25, 0.3) is 0 Å². The van der Waals surface area contributed by atoms with Crippen molar-refractivity contribution in [1.82, 2.24) is 0 Å². The van der Waals surface area contributed by atoms with Crippen LogP contribution in [0.5, 0.6) is 0 Å². The van der Waals surface area contributed by atoms with Gasteiger partial charge in [-0.2, -0.15) is 0 Å². The Balaban J connectivity index is 2.50. The molecule has 1 unspecified atom stereocenters. The van der Waals surface area contributed by atoms with Crippen molar-refractivity contribution in [1.29, 1.82) is 0 Å². The topological polar surface area (TPSA) is 29.1 Å². The zero-order valence-corrected chi connectivity index (χ0v) is 7.91. The molecule has 0 aliphatic carbocycles. The minimum Gasteiger partial charge on any atom is -0.372 e. The predicted octanol–water partition coefficient (Wildman–Crippen LogP) is 1.92. The van der Waals surface area contributed by atoms with Gasteiger partial charge in [0, 0.05) is 5.88 Å². The minimum atomic E-state index is -0.879. The lowest BCUT2D eigenvalue weighted by Crippen LogP contribution is -1.94. The lowest BCUT2D eigenvalue weighted by atomic mass is 10.2. The van der Waals surface area contributed by atoms with E-state index in [4.69, 9.17) is 11.6 Å². The second kappa shape index (κ2) is 3.07. The van der Waals surface area contributed by atoms with Crippen LogP contribution in [0.4, 0.5) is 5.69 Å². The lowest BCUT2D eigenvalue weighted by Gasteiger charge is -1.99. The van der Waals surface area contributed by atoms with E-state index in [0.717, 1.165) is 16.1 Å². The van der Waals surface area contributed by atoms with Crippen molar-refractivity contribution in [2.24, 2.45) is 0 Å². The molecule has 0 radical (unpaired) electrons. The number of fused-ring (bicyclic) bond motifs is 1. The van der Waals surface area contributed by atoms with Crippen LogP contribution in [0.2, 0.25) is 0 Å². The Labute approximate surface area is 78.4 Å². The Morgan fingerprint density at radius 3 is 3.17 bits per heavy atom. The summed E-state index contributed by atoms with van der Waals surface area (Å²) in [6, 6.07) is 5.78. The van der Waals surface area contributed by atoms with E-state index in [-0.39, 0.29) is 0 Å². The summed E-state index contributed by atoms with van der Waals surface area (Å²) in [5.74, 6) is 1.01. The summed E-state index contributed by atoms with van der Waals surface area (Å²) in [5, 5.41) is 3.06. The van der Waals surface area contributed by atoms with Crippen molar-refractivity contribution in [3.05, 3.63) is 23.8 Å². The Hall–Kier alpha value is -0.540. The average Bonchev–Trinajstić information content (AvgIpc) is 2.47. The lowest BCUT2D eigenvalue weighted by molar-refractivity contribution is 0.686. The third-order valence-electron chi connectivity index (χ3n) is 1.84. The molecule has 1 aromatic rings. The SMILES string of the molecule is O=S1CNc2ccc(CCl)cc21. The third kappa shape index (κ3) is 1.23. The van der Waals surface area contributed by atoms with Gasteiger partial charge < -0.3 is 5.32 Å². The molecule has 1 N–H and O–H groups in total. The molecule has 64 valence electrons. The van der Waals surface area contributed by atoms with Crippen molar-refractivity contribution < 1.29 is 4.21 Å². The van der Waals surface area contributed by atoms with Crippen LogP contribution in [0, 0.1) is 0 Å². The first-order valence-corrected chi connectivity index (χ1v) is 5.48. The van der Waals surface area contributed by atoms with E-state index in [1.54, 1.807) is 0 Å². The molecular formula is C8H8ClNOS. The standard InChI is InChI=1S/C8H8ClNOS/c9-4-6-1-2-7-8(3-6)12(11)5-10-7/h1-3,10H,4-5H2. The molecular weight excluding hydrogens is 194 g/mol. The number of benzene rings is 1. The number of halogens is 1. The number of anilines is 1. The van der Waals surface area contributed by atoms with E-state index >= 15 is 0 Å². The van der Waals surface area contributed by atoms with Gasteiger partial charge >= 0.3 is 0 Å². The maximum Gasteiger partial charge on any atom is 0.0959 e. The van der Waals surface area contributed by atoms with Gasteiger partial charge in [-0.15, -0.1) is 11.6 Å². The van der Waals surface area contributed by atoms with Gasteiger partial charge in [-0.1, -0.05) is 6.07 Å². The van der Waals surface area contributed by atoms with E-state index in [2.05, 4.69) is 5.32 Å². The maximum absolute atomic E-state index is 11.3. The van der Waals surface area contributed by atoms with Crippen LogP contribution in [0.3, 0.4) is 0 Å². The summed E-state index contributed by atoms with van der Waals surface area (Å²) in [6.07, 6.45) is 0.